The second-order valence-corrected chi connectivity index (χ2v) is 11.0. The van der Waals surface area contributed by atoms with Gasteiger partial charge in [-0.05, 0) is 45.1 Å². The number of aliphatic hydroxyl groups is 2. The molecule has 0 saturated carbocycles. The summed E-state index contributed by atoms with van der Waals surface area (Å²) < 4.78 is 53.6. The number of para-hydroxylation sites is 1. The van der Waals surface area contributed by atoms with Gasteiger partial charge < -0.3 is 24.2 Å². The first-order chi connectivity index (χ1) is 17.6. The van der Waals surface area contributed by atoms with E-state index in [9.17, 15) is 24.4 Å². The van der Waals surface area contributed by atoms with Crippen molar-refractivity contribution in [2.45, 2.75) is 58.3 Å². The Hall–Kier alpha value is -2.34. The molecule has 0 radical (unpaired) electrons. The van der Waals surface area contributed by atoms with Crippen LogP contribution in [0.15, 0.2) is 41.3 Å². The Bertz CT molecular complexity index is 1300. The summed E-state index contributed by atoms with van der Waals surface area (Å²) in [7, 11) is -4.45. The number of aromatic amines is 1. The number of esters is 1. The van der Waals surface area contributed by atoms with Crippen LogP contribution >= 0.6 is 19.8 Å². The molecule has 2 unspecified atom stereocenters. The van der Waals surface area contributed by atoms with Crippen molar-refractivity contribution in [3.05, 3.63) is 57.2 Å². The normalized spacial score (nSPS) is 25.5. The van der Waals surface area contributed by atoms with Gasteiger partial charge in [0.25, 0.3) is 5.56 Å². The van der Waals surface area contributed by atoms with Crippen LogP contribution in [0.5, 0.6) is 5.75 Å². The lowest BCUT2D eigenvalue weighted by Gasteiger charge is -2.24. The largest absolute Gasteiger partial charge is 0.463 e. The van der Waals surface area contributed by atoms with Gasteiger partial charge in [0.1, 0.15) is 24.1 Å². The highest BCUT2D eigenvalue weighted by atomic mass is 32.1. The highest BCUT2D eigenvalue weighted by Crippen LogP contribution is 2.50. The zero-order chi connectivity index (χ0) is 28.4. The van der Waals surface area contributed by atoms with E-state index in [1.165, 1.54) is 36.7 Å². The number of ether oxygens (including phenoxy) is 2. The van der Waals surface area contributed by atoms with Crippen LogP contribution in [0.2, 0.25) is 0 Å². The summed E-state index contributed by atoms with van der Waals surface area (Å²) in [6, 6.07) is 7.85. The minimum atomic E-state index is -4.45. The predicted molar refractivity (Wildman–Crippen MR) is 132 cm³/mol. The molecule has 1 aromatic heterocycles. The number of nitrogens with one attached hydrogen (secondary N) is 1. The van der Waals surface area contributed by atoms with Crippen molar-refractivity contribution in [3.8, 4) is 5.75 Å². The lowest BCUT2D eigenvalue weighted by molar-refractivity contribution is -0.151. The van der Waals surface area contributed by atoms with Crippen LogP contribution in [-0.2, 0) is 23.4 Å². The van der Waals surface area contributed by atoms with Crippen LogP contribution in [0.3, 0.4) is 0 Å². The van der Waals surface area contributed by atoms with E-state index in [2.05, 4.69) is 4.98 Å². The Morgan fingerprint density at radius 1 is 1.28 bits per heavy atom. The van der Waals surface area contributed by atoms with Crippen molar-refractivity contribution in [1.82, 2.24) is 9.55 Å². The fraction of sp³-hybridized carbons (Fsp3) is 0.522. The fourth-order valence-corrected chi connectivity index (χ4v) is 5.35. The summed E-state index contributed by atoms with van der Waals surface area (Å²) >= 11 is 5.12. The number of aromatic nitrogens is 2. The zero-order valence-corrected chi connectivity index (χ0v) is 21.9. The number of aliphatic hydroxyl groups excluding tert-OH is 2. The van der Waals surface area contributed by atoms with Crippen molar-refractivity contribution < 1.29 is 40.8 Å². The van der Waals surface area contributed by atoms with Gasteiger partial charge in [0, 0.05) is 11.8 Å². The van der Waals surface area contributed by atoms with Crippen LogP contribution in [0.4, 0.5) is 0 Å². The molecule has 13 heteroatoms. The molecule has 2 aromatic rings. The van der Waals surface area contributed by atoms with Crippen molar-refractivity contribution in [3.63, 3.8) is 0 Å². The summed E-state index contributed by atoms with van der Waals surface area (Å²) in [5, 5.41) is 21.3. The van der Waals surface area contributed by atoms with Gasteiger partial charge in [-0.1, -0.05) is 25.1 Å². The maximum Gasteiger partial charge on any atom is 0.380 e. The highest BCUT2D eigenvalue weighted by molar-refractivity contribution is 7.71. The smallest absolute Gasteiger partial charge is 0.380 e. The number of carbonyl (C=O) groups is 1. The Morgan fingerprint density at radius 2 is 1.94 bits per heavy atom. The number of hydrogen-bond acceptors (Lipinski definition) is 10. The molecule has 1 fully saturated rings. The van der Waals surface area contributed by atoms with Gasteiger partial charge >= 0.3 is 13.6 Å². The molecule has 0 amide bonds. The third-order valence-electron chi connectivity index (χ3n) is 5.21. The molecule has 36 heavy (non-hydrogen) atoms. The molecule has 1 aliphatic heterocycles. The standard InChI is InChI=1S/C23H31N2O9PS/c1-13(2)32-22(29)15(4)12-35(30,34-16-8-6-5-7-9-16)31-11-17-18(26)19(27)21(33-17)25-10-14(3)20(28)24-23(25)36/h5-10,13,15,17-19,21,26-27H,11-12H2,1-4H3,(H,24,28,36)/t15-,17+,18?,19-,21+,35?/m1/s1/i11D2. The number of benzene rings is 1. The van der Waals surface area contributed by atoms with E-state index in [0.717, 1.165) is 0 Å². The summed E-state index contributed by atoms with van der Waals surface area (Å²) in [4.78, 5) is 26.6. The number of rotatable bonds is 10. The first-order valence-electron chi connectivity index (χ1n) is 12.2. The van der Waals surface area contributed by atoms with Crippen LogP contribution in [0, 0.1) is 17.6 Å². The van der Waals surface area contributed by atoms with Crippen LogP contribution < -0.4 is 10.1 Å². The van der Waals surface area contributed by atoms with E-state index >= 15 is 0 Å². The molecule has 198 valence electrons. The predicted octanol–water partition coefficient (Wildman–Crippen LogP) is 2.71. The summed E-state index contributed by atoms with van der Waals surface area (Å²) in [5.41, 5.74) is -0.228. The topological polar surface area (TPSA) is 149 Å². The van der Waals surface area contributed by atoms with E-state index in [1.54, 1.807) is 32.0 Å². The minimum absolute atomic E-state index is 0.0943. The zero-order valence-electron chi connectivity index (χ0n) is 22.2. The quantitative estimate of drug-likeness (QED) is 0.232. The Labute approximate surface area is 216 Å². The van der Waals surface area contributed by atoms with Gasteiger partial charge in [0.05, 0.1) is 27.5 Å². The summed E-state index contributed by atoms with van der Waals surface area (Å²) in [5.74, 6) is -1.59. The minimum Gasteiger partial charge on any atom is -0.463 e. The van der Waals surface area contributed by atoms with Gasteiger partial charge in [0.2, 0.25) is 0 Å². The van der Waals surface area contributed by atoms with Crippen molar-refractivity contribution in [2.24, 2.45) is 5.92 Å². The maximum atomic E-state index is 13.9. The molecule has 0 aliphatic carbocycles. The maximum absolute atomic E-state index is 13.9. The molecule has 0 bridgehead atoms. The number of nitrogens with zero attached hydrogens (tertiary/aromatic N) is 1. The van der Waals surface area contributed by atoms with Crippen molar-refractivity contribution in [2.75, 3.05) is 12.7 Å². The third kappa shape index (κ3) is 6.90. The Kier molecular flexibility index (Phi) is 8.30. The van der Waals surface area contributed by atoms with Gasteiger partial charge in [0.15, 0.2) is 11.0 Å². The molecule has 6 atom stereocenters. The van der Waals surface area contributed by atoms with E-state index in [-0.39, 0.29) is 16.1 Å². The highest BCUT2D eigenvalue weighted by Gasteiger charge is 2.45. The number of carbonyl (C=O) groups excluding carboxylic acids is 1. The molecule has 1 aliphatic rings. The van der Waals surface area contributed by atoms with Gasteiger partial charge in [-0.3, -0.25) is 23.7 Å². The van der Waals surface area contributed by atoms with Crippen LogP contribution in [0.1, 0.15) is 35.3 Å². The van der Waals surface area contributed by atoms with E-state index in [1.807, 2.05) is 0 Å². The molecule has 0 spiro atoms. The van der Waals surface area contributed by atoms with Crippen LogP contribution in [0.25, 0.3) is 0 Å². The number of hydrogen-bond donors (Lipinski definition) is 3. The second kappa shape index (κ2) is 11.8. The lowest BCUT2D eigenvalue weighted by Crippen LogP contribution is -2.34. The molecule has 2 heterocycles. The first-order valence-corrected chi connectivity index (χ1v) is 13.4. The molecule has 1 saturated heterocycles. The van der Waals surface area contributed by atoms with Gasteiger partial charge in [-0.25, -0.2) is 4.57 Å². The second-order valence-electron chi connectivity index (χ2n) is 8.70. The number of aryl methyl sites for hydroxylation is 1. The first kappa shape index (κ1) is 25.3. The lowest BCUT2D eigenvalue weighted by atomic mass is 10.1. The molecule has 11 nitrogen and oxygen atoms in total. The van der Waals surface area contributed by atoms with Crippen molar-refractivity contribution in [1.29, 1.82) is 0 Å². The average Bonchev–Trinajstić information content (AvgIpc) is 3.11. The SMILES string of the molecule is [2H]C([2H])(OP(=O)(C[C@@H](C)C(=O)OC(C)C)Oc1ccccc1)[C@@H]1O[C@H](n2cc(C)c(=O)[nH]c2=S)[C@H](O)C1O. The molecule has 1 aromatic carbocycles. The summed E-state index contributed by atoms with van der Waals surface area (Å²) in [6.07, 6.45) is -6.48. The van der Waals surface area contributed by atoms with Gasteiger partial charge in [-0.15, -0.1) is 0 Å². The molecular formula is C23H31N2O9PS. The fourth-order valence-electron chi connectivity index (χ4n) is 3.39. The monoisotopic (exact) mass is 544 g/mol. The number of H-pyrrole nitrogens is 1. The van der Waals surface area contributed by atoms with E-state index in [0.29, 0.717) is 0 Å². The Morgan fingerprint density at radius 3 is 2.58 bits per heavy atom. The third-order valence-corrected chi connectivity index (χ3v) is 7.39. The van der Waals surface area contributed by atoms with E-state index in [4.69, 9.17) is 33.5 Å². The van der Waals surface area contributed by atoms with E-state index < -0.39 is 68.4 Å². The molecular weight excluding hydrogens is 511 g/mol. The molecule has 3 N–H and O–H groups in total. The van der Waals surface area contributed by atoms with Crippen molar-refractivity contribution >= 4 is 25.8 Å². The van der Waals surface area contributed by atoms with Gasteiger partial charge in [-0.2, -0.15) is 0 Å². The Balaban J connectivity index is 1.90. The average molecular weight is 545 g/mol. The summed E-state index contributed by atoms with van der Waals surface area (Å²) in [6.45, 7) is 3.24. The molecule has 3 rings (SSSR count). The van der Waals surface area contributed by atoms with Crippen LogP contribution in [-0.4, -0.2) is 62.9 Å².